The van der Waals surface area contributed by atoms with E-state index in [9.17, 15) is 0 Å². The van der Waals surface area contributed by atoms with E-state index in [1.54, 1.807) is 0 Å². The van der Waals surface area contributed by atoms with E-state index in [0.29, 0.717) is 5.92 Å². The summed E-state index contributed by atoms with van der Waals surface area (Å²) in [6.45, 7) is 10.5. The van der Waals surface area contributed by atoms with Crippen LogP contribution in [0.15, 0.2) is 18.2 Å². The van der Waals surface area contributed by atoms with Crippen molar-refractivity contribution in [3.63, 3.8) is 0 Å². The van der Waals surface area contributed by atoms with Crippen LogP contribution in [-0.2, 0) is 6.54 Å². The van der Waals surface area contributed by atoms with Crippen LogP contribution >= 0.6 is 0 Å². The van der Waals surface area contributed by atoms with E-state index in [-0.39, 0.29) is 0 Å². The third kappa shape index (κ3) is 2.85. The molecule has 0 amide bonds. The Morgan fingerprint density at radius 3 is 2.44 bits per heavy atom. The van der Waals surface area contributed by atoms with Gasteiger partial charge in [-0.2, -0.15) is 0 Å². The van der Waals surface area contributed by atoms with Gasteiger partial charge in [-0.3, -0.25) is 4.90 Å². The number of likely N-dealkylation sites (tertiary alicyclic amines) is 1. The van der Waals surface area contributed by atoms with Gasteiger partial charge in [-0.15, -0.1) is 0 Å². The van der Waals surface area contributed by atoms with Crippen molar-refractivity contribution in [3.05, 3.63) is 34.9 Å². The monoisotopic (exact) mass is 217 g/mol. The molecule has 0 aromatic heterocycles. The van der Waals surface area contributed by atoms with Crippen LogP contribution in [0.4, 0.5) is 0 Å². The molecule has 1 aromatic carbocycles. The normalized spacial score (nSPS) is 17.2. The molecule has 16 heavy (non-hydrogen) atoms. The van der Waals surface area contributed by atoms with E-state index in [4.69, 9.17) is 0 Å². The van der Waals surface area contributed by atoms with Crippen LogP contribution in [0.1, 0.15) is 49.3 Å². The summed E-state index contributed by atoms with van der Waals surface area (Å²) < 4.78 is 0. The highest BCUT2D eigenvalue weighted by Crippen LogP contribution is 2.20. The summed E-state index contributed by atoms with van der Waals surface area (Å²) in [6.07, 6.45) is 2.76. The summed E-state index contributed by atoms with van der Waals surface area (Å²) in [5.74, 6) is 0.636. The molecule has 2 rings (SSSR count). The second kappa shape index (κ2) is 5.01. The highest BCUT2D eigenvalue weighted by atomic mass is 15.1. The first kappa shape index (κ1) is 11.7. The van der Waals surface area contributed by atoms with Crippen molar-refractivity contribution in [1.82, 2.24) is 4.90 Å². The van der Waals surface area contributed by atoms with Crippen LogP contribution in [0.3, 0.4) is 0 Å². The Morgan fingerprint density at radius 1 is 1.12 bits per heavy atom. The van der Waals surface area contributed by atoms with Gasteiger partial charge >= 0.3 is 0 Å². The Morgan fingerprint density at radius 2 is 1.81 bits per heavy atom. The van der Waals surface area contributed by atoms with E-state index in [1.165, 1.54) is 42.6 Å². The molecule has 0 saturated carbocycles. The fraction of sp³-hybridized carbons (Fsp3) is 0.600. The van der Waals surface area contributed by atoms with Crippen molar-refractivity contribution in [2.24, 2.45) is 0 Å². The van der Waals surface area contributed by atoms with Crippen molar-refractivity contribution in [3.8, 4) is 0 Å². The molecule has 0 atom stereocenters. The molecule has 0 spiro atoms. The molecule has 0 unspecified atom stereocenters. The molecule has 1 aromatic rings. The van der Waals surface area contributed by atoms with Crippen LogP contribution < -0.4 is 0 Å². The maximum atomic E-state index is 2.57. The molecule has 1 heterocycles. The molecule has 0 aliphatic carbocycles. The standard InChI is InChI=1S/C15H23N/c1-12(2)15-9-13(3)8-14(10-15)11-16-6-4-5-7-16/h8-10,12H,4-7,11H2,1-3H3. The first-order valence-corrected chi connectivity index (χ1v) is 6.48. The summed E-state index contributed by atoms with van der Waals surface area (Å²) in [7, 11) is 0. The van der Waals surface area contributed by atoms with Gasteiger partial charge in [-0.25, -0.2) is 0 Å². The largest absolute Gasteiger partial charge is 0.299 e. The van der Waals surface area contributed by atoms with Gasteiger partial charge in [0, 0.05) is 6.54 Å². The zero-order valence-corrected chi connectivity index (χ0v) is 10.8. The topological polar surface area (TPSA) is 3.24 Å². The molecule has 88 valence electrons. The number of hydrogen-bond acceptors (Lipinski definition) is 1. The number of nitrogens with zero attached hydrogens (tertiary/aromatic N) is 1. The summed E-state index contributed by atoms with van der Waals surface area (Å²) in [4.78, 5) is 2.57. The number of benzene rings is 1. The average molecular weight is 217 g/mol. The quantitative estimate of drug-likeness (QED) is 0.746. The van der Waals surface area contributed by atoms with Gasteiger partial charge in [0.1, 0.15) is 0 Å². The lowest BCUT2D eigenvalue weighted by molar-refractivity contribution is 0.331. The van der Waals surface area contributed by atoms with Crippen LogP contribution in [0, 0.1) is 6.92 Å². The maximum absolute atomic E-state index is 2.57. The Hall–Kier alpha value is -0.820. The Kier molecular flexibility index (Phi) is 3.65. The minimum absolute atomic E-state index is 0.636. The van der Waals surface area contributed by atoms with Crippen LogP contribution in [0.25, 0.3) is 0 Å². The summed E-state index contributed by atoms with van der Waals surface area (Å²) in [6, 6.07) is 7.04. The van der Waals surface area contributed by atoms with Crippen molar-refractivity contribution in [2.75, 3.05) is 13.1 Å². The number of aryl methyl sites for hydroxylation is 1. The summed E-state index contributed by atoms with van der Waals surface area (Å²) in [5.41, 5.74) is 4.38. The first-order chi connectivity index (χ1) is 7.65. The lowest BCUT2D eigenvalue weighted by atomic mass is 9.98. The van der Waals surface area contributed by atoms with Gasteiger partial charge in [0.2, 0.25) is 0 Å². The van der Waals surface area contributed by atoms with Crippen LogP contribution in [0.2, 0.25) is 0 Å². The SMILES string of the molecule is Cc1cc(CN2CCCC2)cc(C(C)C)c1. The predicted molar refractivity (Wildman–Crippen MR) is 69.8 cm³/mol. The van der Waals surface area contributed by atoms with Crippen molar-refractivity contribution >= 4 is 0 Å². The molecular weight excluding hydrogens is 194 g/mol. The molecule has 1 aliphatic heterocycles. The van der Waals surface area contributed by atoms with E-state index in [0.717, 1.165) is 6.54 Å². The van der Waals surface area contributed by atoms with Gasteiger partial charge in [-0.1, -0.05) is 37.6 Å². The maximum Gasteiger partial charge on any atom is 0.0233 e. The number of hydrogen-bond donors (Lipinski definition) is 0. The van der Waals surface area contributed by atoms with Crippen LogP contribution in [0.5, 0.6) is 0 Å². The zero-order chi connectivity index (χ0) is 11.5. The van der Waals surface area contributed by atoms with Gasteiger partial charge in [0.15, 0.2) is 0 Å². The van der Waals surface area contributed by atoms with Crippen molar-refractivity contribution in [1.29, 1.82) is 0 Å². The van der Waals surface area contributed by atoms with Gasteiger partial charge in [0.05, 0.1) is 0 Å². The van der Waals surface area contributed by atoms with E-state index in [2.05, 4.69) is 43.9 Å². The van der Waals surface area contributed by atoms with Crippen molar-refractivity contribution < 1.29 is 0 Å². The lowest BCUT2D eigenvalue weighted by Crippen LogP contribution is -2.18. The summed E-state index contributed by atoms with van der Waals surface area (Å²) >= 11 is 0. The molecule has 1 fully saturated rings. The molecule has 1 saturated heterocycles. The average Bonchev–Trinajstić information content (AvgIpc) is 2.69. The van der Waals surface area contributed by atoms with E-state index in [1.807, 2.05) is 0 Å². The molecule has 0 bridgehead atoms. The highest BCUT2D eigenvalue weighted by Gasteiger charge is 2.12. The lowest BCUT2D eigenvalue weighted by Gasteiger charge is -2.17. The Bertz CT molecular complexity index is 348. The summed E-state index contributed by atoms with van der Waals surface area (Å²) in [5, 5.41) is 0. The molecule has 0 N–H and O–H groups in total. The van der Waals surface area contributed by atoms with Crippen LogP contribution in [-0.4, -0.2) is 18.0 Å². The van der Waals surface area contributed by atoms with Gasteiger partial charge in [0.25, 0.3) is 0 Å². The molecule has 0 radical (unpaired) electrons. The second-order valence-electron chi connectivity index (χ2n) is 5.39. The third-order valence-electron chi connectivity index (χ3n) is 3.43. The molecule has 1 aliphatic rings. The van der Waals surface area contributed by atoms with Gasteiger partial charge in [-0.05, 0) is 49.9 Å². The van der Waals surface area contributed by atoms with Gasteiger partial charge < -0.3 is 0 Å². The highest BCUT2D eigenvalue weighted by molar-refractivity contribution is 5.31. The number of rotatable bonds is 3. The van der Waals surface area contributed by atoms with E-state index < -0.39 is 0 Å². The minimum Gasteiger partial charge on any atom is -0.299 e. The Balaban J connectivity index is 2.13. The minimum atomic E-state index is 0.636. The molecular formula is C15H23N. The third-order valence-corrected chi connectivity index (χ3v) is 3.43. The zero-order valence-electron chi connectivity index (χ0n) is 10.8. The Labute approximate surface area is 99.5 Å². The second-order valence-corrected chi connectivity index (χ2v) is 5.39. The fourth-order valence-corrected chi connectivity index (χ4v) is 2.52. The molecule has 1 heteroatoms. The van der Waals surface area contributed by atoms with E-state index >= 15 is 0 Å². The fourth-order valence-electron chi connectivity index (χ4n) is 2.52. The molecule has 1 nitrogen and oxygen atoms in total. The first-order valence-electron chi connectivity index (χ1n) is 6.48. The smallest absolute Gasteiger partial charge is 0.0233 e. The predicted octanol–water partition coefficient (Wildman–Crippen LogP) is 3.71. The van der Waals surface area contributed by atoms with Crippen molar-refractivity contribution in [2.45, 2.75) is 46.1 Å².